The first-order valence-corrected chi connectivity index (χ1v) is 2.22. The van der Waals surface area contributed by atoms with Crippen LogP contribution in [0.2, 0.25) is 0 Å². The topological polar surface area (TPSA) is 83.5 Å². The van der Waals surface area contributed by atoms with Crippen LogP contribution in [-0.2, 0) is 4.79 Å². The third kappa shape index (κ3) is 4.87. The summed E-state index contributed by atoms with van der Waals surface area (Å²) >= 11 is 0. The van der Waals surface area contributed by atoms with Crippen LogP contribution in [0.15, 0.2) is 0 Å². The molecule has 0 fully saturated rings. The van der Waals surface area contributed by atoms with E-state index in [1.54, 1.807) is 0 Å². The number of aliphatic hydroxyl groups is 1. The first-order valence-electron chi connectivity index (χ1n) is 2.22. The molecule has 0 rings (SSSR count). The van der Waals surface area contributed by atoms with Gasteiger partial charge in [0.25, 0.3) is 0 Å². The van der Waals surface area contributed by atoms with E-state index in [2.05, 4.69) is 0 Å². The van der Waals surface area contributed by atoms with Crippen LogP contribution >= 0.6 is 0 Å². The van der Waals surface area contributed by atoms with Gasteiger partial charge < -0.3 is 15.9 Å². The van der Waals surface area contributed by atoms with Crippen molar-refractivity contribution in [2.45, 2.75) is 19.1 Å². The van der Waals surface area contributed by atoms with Gasteiger partial charge in [-0.05, 0) is 6.92 Å². The number of carboxylic acids is 1. The number of hydrogen-bond donors (Lipinski definition) is 3. The van der Waals surface area contributed by atoms with Crippen molar-refractivity contribution >= 4 is 35.5 Å². The summed E-state index contributed by atoms with van der Waals surface area (Å²) in [6, 6.07) is -1.16. The van der Waals surface area contributed by atoms with Crippen LogP contribution in [0.5, 0.6) is 0 Å². The molecule has 0 amide bonds. The van der Waals surface area contributed by atoms with Crippen LogP contribution < -0.4 is 5.73 Å². The molecule has 0 saturated carbocycles. The quantitative estimate of drug-likeness (QED) is 0.395. The van der Waals surface area contributed by atoms with Crippen LogP contribution in [0.3, 0.4) is 0 Å². The van der Waals surface area contributed by atoms with Gasteiger partial charge in [-0.15, -0.1) is 0 Å². The van der Waals surface area contributed by atoms with E-state index in [9.17, 15) is 4.79 Å². The molecule has 2 unspecified atom stereocenters. The van der Waals surface area contributed by atoms with Crippen LogP contribution in [-0.4, -0.2) is 57.9 Å². The van der Waals surface area contributed by atoms with E-state index < -0.39 is 18.1 Å². The van der Waals surface area contributed by atoms with E-state index >= 15 is 0 Å². The van der Waals surface area contributed by atoms with Gasteiger partial charge in [-0.1, -0.05) is 0 Å². The van der Waals surface area contributed by atoms with Crippen molar-refractivity contribution in [2.75, 3.05) is 0 Å². The average molecular weight is 143 g/mol. The van der Waals surface area contributed by atoms with Gasteiger partial charge >= 0.3 is 35.5 Å². The Morgan fingerprint density at radius 3 is 2.00 bits per heavy atom. The van der Waals surface area contributed by atoms with Gasteiger partial charge in [-0.2, -0.15) is 0 Å². The fourth-order valence-electron chi connectivity index (χ4n) is 0.206. The molecule has 0 aromatic heterocycles. The Bertz CT molecular complexity index is 95.8. The van der Waals surface area contributed by atoms with E-state index in [-0.39, 0.29) is 29.6 Å². The molecular formula is C4H10NNaO3. The van der Waals surface area contributed by atoms with Crippen LogP contribution in [0.4, 0.5) is 0 Å². The minimum absolute atomic E-state index is 0. The summed E-state index contributed by atoms with van der Waals surface area (Å²) < 4.78 is 0. The van der Waals surface area contributed by atoms with E-state index in [0.29, 0.717) is 0 Å². The van der Waals surface area contributed by atoms with Gasteiger partial charge in [-0.3, -0.25) is 4.79 Å². The molecule has 9 heavy (non-hydrogen) atoms. The molecule has 0 aliphatic rings. The second kappa shape index (κ2) is 5.20. The Hall–Kier alpha value is 0.390. The predicted octanol–water partition coefficient (Wildman–Crippen LogP) is -1.87. The van der Waals surface area contributed by atoms with Crippen LogP contribution in [0.1, 0.15) is 6.92 Å². The first-order chi connectivity index (χ1) is 3.55. The Morgan fingerprint density at radius 1 is 1.67 bits per heavy atom. The summed E-state index contributed by atoms with van der Waals surface area (Å²) in [6.45, 7) is 1.33. The summed E-state index contributed by atoms with van der Waals surface area (Å²) in [5, 5.41) is 16.6. The minimum atomic E-state index is -1.18. The number of nitrogens with two attached hydrogens (primary N) is 1. The molecule has 0 aliphatic carbocycles. The fraction of sp³-hybridized carbons (Fsp3) is 0.750. The van der Waals surface area contributed by atoms with Crippen LogP contribution in [0, 0.1) is 0 Å². The summed E-state index contributed by atoms with van der Waals surface area (Å²) in [5.41, 5.74) is 4.91. The molecule has 4 nitrogen and oxygen atoms in total. The summed E-state index contributed by atoms with van der Waals surface area (Å²) in [7, 11) is 0. The Kier molecular flexibility index (Phi) is 6.99. The van der Waals surface area contributed by atoms with E-state index in [0.717, 1.165) is 0 Å². The van der Waals surface area contributed by atoms with Crippen molar-refractivity contribution in [3.63, 3.8) is 0 Å². The molecule has 0 aromatic carbocycles. The van der Waals surface area contributed by atoms with Crippen molar-refractivity contribution < 1.29 is 15.0 Å². The second-order valence-electron chi connectivity index (χ2n) is 1.60. The first kappa shape index (κ1) is 12.1. The van der Waals surface area contributed by atoms with Crippen LogP contribution in [0.25, 0.3) is 0 Å². The van der Waals surface area contributed by atoms with Gasteiger partial charge in [0.1, 0.15) is 6.04 Å². The average Bonchev–Trinajstić information content (AvgIpc) is 1.64. The van der Waals surface area contributed by atoms with E-state index in [1.807, 2.05) is 0 Å². The summed E-state index contributed by atoms with van der Waals surface area (Å²) in [4.78, 5) is 9.86. The number of rotatable bonds is 2. The SMILES string of the molecule is CC(O)C(N)C(=O)O.[NaH]. The van der Waals surface area contributed by atoms with Gasteiger partial charge in [0.15, 0.2) is 0 Å². The third-order valence-electron chi connectivity index (χ3n) is 0.805. The molecule has 0 radical (unpaired) electrons. The normalized spacial score (nSPS) is 15.4. The van der Waals surface area contributed by atoms with E-state index in [4.69, 9.17) is 15.9 Å². The Balaban J connectivity index is 0. The van der Waals surface area contributed by atoms with E-state index in [1.165, 1.54) is 6.92 Å². The Labute approximate surface area is 75.3 Å². The van der Waals surface area contributed by atoms with Crippen molar-refractivity contribution in [1.82, 2.24) is 0 Å². The number of carbonyl (C=O) groups is 1. The zero-order valence-electron chi connectivity index (χ0n) is 4.53. The summed E-state index contributed by atoms with van der Waals surface area (Å²) in [6.07, 6.45) is -0.979. The maximum absolute atomic E-state index is 9.86. The number of aliphatic carboxylic acids is 1. The maximum atomic E-state index is 9.86. The molecule has 0 saturated heterocycles. The zero-order chi connectivity index (χ0) is 6.73. The molecule has 2 atom stereocenters. The molecule has 0 heterocycles. The number of hydrogen-bond acceptors (Lipinski definition) is 3. The third-order valence-corrected chi connectivity index (χ3v) is 0.805. The molecule has 0 spiro atoms. The van der Waals surface area contributed by atoms with Gasteiger partial charge in [0.2, 0.25) is 0 Å². The number of carboxylic acid groups (broad SMARTS) is 1. The Morgan fingerprint density at radius 2 is 2.00 bits per heavy atom. The second-order valence-corrected chi connectivity index (χ2v) is 1.60. The fourth-order valence-corrected chi connectivity index (χ4v) is 0.206. The number of aliphatic hydroxyl groups excluding tert-OH is 1. The monoisotopic (exact) mass is 143 g/mol. The molecule has 4 N–H and O–H groups in total. The van der Waals surface area contributed by atoms with Crippen molar-refractivity contribution in [3.8, 4) is 0 Å². The molecule has 0 bridgehead atoms. The zero-order valence-corrected chi connectivity index (χ0v) is 4.53. The molecule has 5 heteroatoms. The van der Waals surface area contributed by atoms with Crippen molar-refractivity contribution in [3.05, 3.63) is 0 Å². The molecule has 0 aliphatic heterocycles. The molecule has 0 aromatic rings. The van der Waals surface area contributed by atoms with Crippen molar-refractivity contribution in [1.29, 1.82) is 0 Å². The predicted molar refractivity (Wildman–Crippen MR) is 34.4 cm³/mol. The molecular weight excluding hydrogens is 133 g/mol. The van der Waals surface area contributed by atoms with Gasteiger partial charge in [0.05, 0.1) is 6.10 Å². The van der Waals surface area contributed by atoms with Gasteiger partial charge in [-0.25, -0.2) is 0 Å². The summed E-state index contributed by atoms with van der Waals surface area (Å²) in [5.74, 6) is -1.18. The molecule has 50 valence electrons. The standard InChI is InChI=1S/C4H9NO3.Na.H/c1-2(6)3(5)4(7)8;;/h2-3,6H,5H2,1H3,(H,7,8);;. The van der Waals surface area contributed by atoms with Gasteiger partial charge in [0, 0.05) is 0 Å². The van der Waals surface area contributed by atoms with Crippen molar-refractivity contribution in [2.24, 2.45) is 5.73 Å².